The van der Waals surface area contributed by atoms with Crippen molar-refractivity contribution in [1.29, 1.82) is 0 Å². The molecule has 1 aliphatic heterocycles. The predicted octanol–water partition coefficient (Wildman–Crippen LogP) is 2.20. The Morgan fingerprint density at radius 2 is 1.73 bits per heavy atom. The maximum Gasteiger partial charge on any atom is 0.227 e. The third kappa shape index (κ3) is 2.64. The highest BCUT2D eigenvalue weighted by atomic mass is 32.1. The first-order chi connectivity index (χ1) is 10.6. The van der Waals surface area contributed by atoms with Crippen LogP contribution in [0.1, 0.15) is 12.8 Å². The molecule has 7 heteroatoms. The summed E-state index contributed by atoms with van der Waals surface area (Å²) < 4.78 is 10.6. The van der Waals surface area contributed by atoms with E-state index >= 15 is 0 Å². The molecule has 1 aromatic heterocycles. The Kier molecular flexibility index (Phi) is 3.98. The van der Waals surface area contributed by atoms with Crippen LogP contribution in [0.4, 0.5) is 11.8 Å². The van der Waals surface area contributed by atoms with E-state index in [1.807, 2.05) is 6.07 Å². The lowest BCUT2D eigenvalue weighted by molar-refractivity contribution is 0.356. The smallest absolute Gasteiger partial charge is 0.227 e. The van der Waals surface area contributed by atoms with Gasteiger partial charge in [0.1, 0.15) is 5.82 Å². The zero-order valence-electron chi connectivity index (χ0n) is 12.6. The lowest BCUT2D eigenvalue weighted by atomic mass is 10.1. The molecular formula is C15H18N4O2S. The Hall–Kier alpha value is -2.15. The number of nitrogen functional groups attached to an aromatic ring is 1. The van der Waals surface area contributed by atoms with Gasteiger partial charge in [-0.05, 0) is 23.8 Å². The van der Waals surface area contributed by atoms with E-state index in [2.05, 4.69) is 14.9 Å². The van der Waals surface area contributed by atoms with Gasteiger partial charge in [0.05, 0.1) is 19.7 Å². The molecule has 6 nitrogen and oxygen atoms in total. The van der Waals surface area contributed by atoms with Crippen molar-refractivity contribution in [2.24, 2.45) is 0 Å². The number of nitrogens with zero attached hydrogens (tertiary/aromatic N) is 3. The fourth-order valence-electron chi connectivity index (χ4n) is 2.56. The van der Waals surface area contributed by atoms with Gasteiger partial charge in [0.15, 0.2) is 11.5 Å². The lowest BCUT2D eigenvalue weighted by Gasteiger charge is -2.27. The monoisotopic (exact) mass is 318 g/mol. The Morgan fingerprint density at radius 1 is 1.09 bits per heavy atom. The Bertz CT molecular complexity index is 725. The topological polar surface area (TPSA) is 73.5 Å². The quantitative estimate of drug-likeness (QED) is 0.870. The molecule has 0 aliphatic carbocycles. The number of methoxy groups -OCH3 is 2. The molecule has 0 amide bonds. The average Bonchev–Trinajstić information content (AvgIpc) is 2.54. The summed E-state index contributed by atoms with van der Waals surface area (Å²) in [5.74, 6) is 2.31. The second-order valence-electron chi connectivity index (χ2n) is 5.16. The van der Waals surface area contributed by atoms with Crippen molar-refractivity contribution in [3.63, 3.8) is 0 Å². The number of rotatable bonds is 3. The van der Waals surface area contributed by atoms with E-state index in [1.165, 1.54) is 0 Å². The van der Waals surface area contributed by atoms with Gasteiger partial charge in [-0.25, -0.2) is 4.98 Å². The van der Waals surface area contributed by atoms with Gasteiger partial charge in [0.2, 0.25) is 5.95 Å². The molecule has 0 spiro atoms. The zero-order valence-corrected chi connectivity index (χ0v) is 13.4. The molecule has 2 N–H and O–H groups in total. The van der Waals surface area contributed by atoms with Crippen molar-refractivity contribution in [3.05, 3.63) is 12.1 Å². The number of ether oxygens (including phenoxy) is 2. The molecule has 2 heterocycles. The first-order valence-electron chi connectivity index (χ1n) is 7.08. The van der Waals surface area contributed by atoms with E-state index in [4.69, 9.17) is 27.4 Å². The maximum absolute atomic E-state index is 6.11. The van der Waals surface area contributed by atoms with Gasteiger partial charge in [0.25, 0.3) is 0 Å². The van der Waals surface area contributed by atoms with Crippen LogP contribution in [0.5, 0.6) is 11.5 Å². The zero-order chi connectivity index (χ0) is 15.7. The summed E-state index contributed by atoms with van der Waals surface area (Å²) >= 11 is 5.25. The van der Waals surface area contributed by atoms with Crippen LogP contribution in [-0.4, -0.2) is 42.1 Å². The van der Waals surface area contributed by atoms with Gasteiger partial charge in [0, 0.05) is 24.5 Å². The summed E-state index contributed by atoms with van der Waals surface area (Å²) in [5, 5.41) is 0.758. The molecule has 1 fully saturated rings. The molecule has 0 atom stereocenters. The Morgan fingerprint density at radius 3 is 2.36 bits per heavy atom. The number of piperidine rings is 1. The van der Waals surface area contributed by atoms with Gasteiger partial charge in [-0.1, -0.05) is 12.2 Å². The van der Waals surface area contributed by atoms with Crippen molar-refractivity contribution >= 4 is 39.8 Å². The summed E-state index contributed by atoms with van der Waals surface area (Å²) in [6.45, 7) is 1.66. The number of hydrogen-bond donors (Lipinski definition) is 1. The summed E-state index contributed by atoms with van der Waals surface area (Å²) in [6, 6.07) is 3.63. The van der Waals surface area contributed by atoms with Gasteiger partial charge in [-0.2, -0.15) is 4.98 Å². The molecule has 22 heavy (non-hydrogen) atoms. The van der Waals surface area contributed by atoms with Crippen LogP contribution in [-0.2, 0) is 0 Å². The number of thiocarbonyl (C=S) groups is 1. The minimum absolute atomic E-state index is 0.439. The third-order valence-corrected chi connectivity index (χ3v) is 4.23. The second-order valence-corrected chi connectivity index (χ2v) is 5.74. The van der Waals surface area contributed by atoms with E-state index in [1.54, 1.807) is 20.3 Å². The van der Waals surface area contributed by atoms with E-state index in [0.29, 0.717) is 23.3 Å². The van der Waals surface area contributed by atoms with Crippen molar-refractivity contribution in [1.82, 2.24) is 9.97 Å². The molecule has 0 unspecified atom stereocenters. The average molecular weight is 318 g/mol. The summed E-state index contributed by atoms with van der Waals surface area (Å²) in [7, 11) is 3.19. The maximum atomic E-state index is 6.11. The van der Waals surface area contributed by atoms with Crippen molar-refractivity contribution in [2.45, 2.75) is 12.8 Å². The summed E-state index contributed by atoms with van der Waals surface area (Å²) in [5.41, 5.74) is 6.85. The molecule has 1 saturated heterocycles. The predicted molar refractivity (Wildman–Crippen MR) is 91.1 cm³/mol. The van der Waals surface area contributed by atoms with E-state index in [0.717, 1.165) is 41.7 Å². The lowest BCUT2D eigenvalue weighted by Crippen LogP contribution is -2.34. The fraction of sp³-hybridized carbons (Fsp3) is 0.400. The third-order valence-electron chi connectivity index (χ3n) is 3.82. The minimum Gasteiger partial charge on any atom is -0.493 e. The van der Waals surface area contributed by atoms with Crippen LogP contribution >= 0.6 is 12.2 Å². The van der Waals surface area contributed by atoms with Gasteiger partial charge < -0.3 is 20.1 Å². The molecule has 1 aliphatic rings. The van der Waals surface area contributed by atoms with Crippen LogP contribution in [0.25, 0.3) is 10.9 Å². The van der Waals surface area contributed by atoms with Crippen LogP contribution < -0.4 is 20.1 Å². The highest BCUT2D eigenvalue weighted by Crippen LogP contribution is 2.34. The molecule has 1 aromatic carbocycles. The molecule has 0 saturated carbocycles. The molecule has 116 valence electrons. The Balaban J connectivity index is 2.05. The highest BCUT2D eigenvalue weighted by Gasteiger charge is 2.19. The number of nitrogens with two attached hydrogens (primary N) is 1. The standard InChI is InChI=1S/C15H18N4O2S/c1-20-12-7-10-11(8-13(12)21-2)17-15(18-14(10)16)19-5-3-9(22)4-6-19/h7-8H,3-6H2,1-2H3,(H2,16,17,18). The van der Waals surface area contributed by atoms with Crippen molar-refractivity contribution in [3.8, 4) is 11.5 Å². The normalized spacial score (nSPS) is 15.2. The van der Waals surface area contributed by atoms with Crippen LogP contribution in [0.15, 0.2) is 12.1 Å². The molecule has 3 rings (SSSR count). The summed E-state index contributed by atoms with van der Waals surface area (Å²) in [6.07, 6.45) is 1.78. The van der Waals surface area contributed by atoms with Crippen molar-refractivity contribution < 1.29 is 9.47 Å². The first kappa shape index (κ1) is 14.8. The minimum atomic E-state index is 0.439. The largest absolute Gasteiger partial charge is 0.493 e. The first-order valence-corrected chi connectivity index (χ1v) is 7.49. The van der Waals surface area contributed by atoms with Crippen molar-refractivity contribution in [2.75, 3.05) is 37.9 Å². The number of benzene rings is 1. The van der Waals surface area contributed by atoms with Gasteiger partial charge >= 0.3 is 0 Å². The second kappa shape index (κ2) is 5.92. The number of fused-ring (bicyclic) bond motifs is 1. The number of aromatic nitrogens is 2. The van der Waals surface area contributed by atoms with Gasteiger partial charge in [-0.15, -0.1) is 0 Å². The fourth-order valence-corrected chi connectivity index (χ4v) is 2.75. The van der Waals surface area contributed by atoms with Crippen LogP contribution in [0.2, 0.25) is 0 Å². The number of hydrogen-bond acceptors (Lipinski definition) is 7. The number of anilines is 2. The van der Waals surface area contributed by atoms with Crippen LogP contribution in [0.3, 0.4) is 0 Å². The summed E-state index contributed by atoms with van der Waals surface area (Å²) in [4.78, 5) is 12.3. The van der Waals surface area contributed by atoms with Crippen LogP contribution in [0, 0.1) is 0 Å². The Labute approximate surface area is 134 Å². The molecule has 2 aromatic rings. The molecule has 0 bridgehead atoms. The highest BCUT2D eigenvalue weighted by molar-refractivity contribution is 7.80. The molecule has 0 radical (unpaired) electrons. The SMILES string of the molecule is COc1cc2nc(N3CCC(=S)CC3)nc(N)c2cc1OC. The van der Waals surface area contributed by atoms with E-state index in [-0.39, 0.29) is 0 Å². The van der Waals surface area contributed by atoms with E-state index in [9.17, 15) is 0 Å². The molecular weight excluding hydrogens is 300 g/mol. The van der Waals surface area contributed by atoms with Gasteiger partial charge in [-0.3, -0.25) is 0 Å². The van der Waals surface area contributed by atoms with E-state index < -0.39 is 0 Å².